The number of carbonyl (C=O) groups is 1. The van der Waals surface area contributed by atoms with E-state index in [0.29, 0.717) is 16.6 Å². The zero-order chi connectivity index (χ0) is 9.42. The first kappa shape index (κ1) is 8.12. The highest BCUT2D eigenvalue weighted by atomic mass is 32.1. The number of benzene rings is 1. The van der Waals surface area contributed by atoms with Gasteiger partial charge in [-0.25, -0.2) is 0 Å². The number of aromatic hydroxyl groups is 1. The summed E-state index contributed by atoms with van der Waals surface area (Å²) in [4.78, 5) is 11.1. The monoisotopic (exact) mass is 194 g/mol. The van der Waals surface area contributed by atoms with Crippen LogP contribution in [0.4, 0.5) is 0 Å². The van der Waals surface area contributed by atoms with E-state index >= 15 is 0 Å². The highest BCUT2D eigenvalue weighted by molar-refractivity contribution is 7.00. The van der Waals surface area contributed by atoms with Crippen molar-refractivity contribution >= 4 is 28.5 Å². The largest absolute Gasteiger partial charge is 0.506 e. The van der Waals surface area contributed by atoms with Gasteiger partial charge in [-0.3, -0.25) is 4.79 Å². The van der Waals surface area contributed by atoms with Gasteiger partial charge in [0.1, 0.15) is 16.8 Å². The van der Waals surface area contributed by atoms with Crippen LogP contribution in [0.15, 0.2) is 12.1 Å². The fraction of sp³-hybridized carbons (Fsp3) is 0.125. The minimum Gasteiger partial charge on any atom is -0.506 e. The molecule has 1 heterocycles. The third-order valence-corrected chi connectivity index (χ3v) is 2.30. The number of aromatic nitrogens is 2. The van der Waals surface area contributed by atoms with Gasteiger partial charge in [0, 0.05) is 5.56 Å². The third-order valence-electron chi connectivity index (χ3n) is 1.77. The molecule has 0 unspecified atom stereocenters. The second kappa shape index (κ2) is 2.77. The van der Waals surface area contributed by atoms with Crippen molar-refractivity contribution in [1.29, 1.82) is 0 Å². The summed E-state index contributed by atoms with van der Waals surface area (Å²) in [6.45, 7) is 1.46. The molecule has 2 aromatic rings. The van der Waals surface area contributed by atoms with Crippen LogP contribution in [0.1, 0.15) is 17.3 Å². The van der Waals surface area contributed by atoms with Crippen LogP contribution < -0.4 is 0 Å². The maximum atomic E-state index is 11.1. The van der Waals surface area contributed by atoms with Crippen LogP contribution in [-0.2, 0) is 0 Å². The first-order chi connectivity index (χ1) is 6.20. The average molecular weight is 194 g/mol. The van der Waals surface area contributed by atoms with E-state index in [4.69, 9.17) is 0 Å². The van der Waals surface area contributed by atoms with Gasteiger partial charge >= 0.3 is 0 Å². The van der Waals surface area contributed by atoms with E-state index in [1.807, 2.05) is 0 Å². The number of hydrogen-bond acceptors (Lipinski definition) is 5. The van der Waals surface area contributed by atoms with Crippen LogP contribution in [-0.4, -0.2) is 19.6 Å². The SMILES string of the molecule is CC(=O)c1ccc(O)c2nsnc12. The standard InChI is InChI=1S/C8H6N2O2S/c1-4(11)5-2-3-6(12)8-7(5)9-13-10-8/h2-3,12H,1H3. The van der Waals surface area contributed by atoms with Crippen LogP contribution in [0.2, 0.25) is 0 Å². The molecule has 0 saturated heterocycles. The summed E-state index contributed by atoms with van der Waals surface area (Å²) in [5.41, 5.74) is 1.39. The molecule has 1 aromatic heterocycles. The Morgan fingerprint density at radius 1 is 1.38 bits per heavy atom. The smallest absolute Gasteiger partial charge is 0.162 e. The molecule has 2 rings (SSSR count). The molecule has 0 atom stereocenters. The van der Waals surface area contributed by atoms with Crippen molar-refractivity contribution in [3.8, 4) is 5.75 Å². The van der Waals surface area contributed by atoms with Gasteiger partial charge in [0.2, 0.25) is 0 Å². The molecule has 0 bridgehead atoms. The van der Waals surface area contributed by atoms with E-state index in [-0.39, 0.29) is 11.5 Å². The number of ketones is 1. The molecule has 66 valence electrons. The molecule has 0 amide bonds. The first-order valence-electron chi connectivity index (χ1n) is 3.65. The Morgan fingerprint density at radius 2 is 2.08 bits per heavy atom. The third kappa shape index (κ3) is 1.17. The van der Waals surface area contributed by atoms with E-state index in [0.717, 1.165) is 11.7 Å². The molecule has 4 nitrogen and oxygen atoms in total. The molecule has 0 radical (unpaired) electrons. The second-order valence-electron chi connectivity index (χ2n) is 2.65. The molecule has 0 aliphatic carbocycles. The Bertz CT molecular complexity index is 478. The lowest BCUT2D eigenvalue weighted by atomic mass is 10.1. The van der Waals surface area contributed by atoms with Gasteiger partial charge in [-0.2, -0.15) is 8.75 Å². The summed E-state index contributed by atoms with van der Waals surface area (Å²) in [6, 6.07) is 3.02. The number of phenols is 1. The van der Waals surface area contributed by atoms with Crippen molar-refractivity contribution in [1.82, 2.24) is 8.75 Å². The van der Waals surface area contributed by atoms with Crippen molar-refractivity contribution in [3.05, 3.63) is 17.7 Å². The Labute approximate surface area is 78.2 Å². The molecular weight excluding hydrogens is 188 g/mol. The topological polar surface area (TPSA) is 63.1 Å². The van der Waals surface area contributed by atoms with E-state index in [1.54, 1.807) is 6.07 Å². The van der Waals surface area contributed by atoms with E-state index in [1.165, 1.54) is 13.0 Å². The summed E-state index contributed by atoms with van der Waals surface area (Å²) in [6.07, 6.45) is 0. The maximum absolute atomic E-state index is 11.1. The van der Waals surface area contributed by atoms with Crippen molar-refractivity contribution in [3.63, 3.8) is 0 Å². The molecule has 5 heteroatoms. The van der Waals surface area contributed by atoms with Gasteiger partial charge in [-0.15, -0.1) is 0 Å². The summed E-state index contributed by atoms with van der Waals surface area (Å²) in [5, 5.41) is 9.36. The van der Waals surface area contributed by atoms with Crippen molar-refractivity contribution in [2.75, 3.05) is 0 Å². The molecule has 1 aromatic carbocycles. The van der Waals surface area contributed by atoms with Crippen molar-refractivity contribution in [2.45, 2.75) is 6.92 Å². The number of Topliss-reactive ketones (excluding diaryl/α,β-unsaturated/α-hetero) is 1. The number of rotatable bonds is 1. The highest BCUT2D eigenvalue weighted by Crippen LogP contribution is 2.25. The Balaban J connectivity index is 2.86. The summed E-state index contributed by atoms with van der Waals surface area (Å²) in [5.74, 6) is -0.00792. The lowest BCUT2D eigenvalue weighted by Gasteiger charge is -1.96. The van der Waals surface area contributed by atoms with Gasteiger partial charge in [0.05, 0.1) is 11.7 Å². The minimum atomic E-state index is -0.0716. The van der Waals surface area contributed by atoms with Gasteiger partial charge in [0.25, 0.3) is 0 Å². The summed E-state index contributed by atoms with van der Waals surface area (Å²) < 4.78 is 7.84. The predicted molar refractivity (Wildman–Crippen MR) is 49.1 cm³/mol. The molecule has 0 aliphatic rings. The van der Waals surface area contributed by atoms with Crippen LogP contribution >= 0.6 is 11.7 Å². The molecule has 13 heavy (non-hydrogen) atoms. The molecular formula is C8H6N2O2S. The zero-order valence-electron chi connectivity index (χ0n) is 6.81. The minimum absolute atomic E-state index is 0.0637. The van der Waals surface area contributed by atoms with E-state index in [9.17, 15) is 9.90 Å². The maximum Gasteiger partial charge on any atom is 0.162 e. The highest BCUT2D eigenvalue weighted by Gasteiger charge is 2.11. The van der Waals surface area contributed by atoms with Gasteiger partial charge in [0.15, 0.2) is 5.78 Å². The van der Waals surface area contributed by atoms with Crippen LogP contribution in [0.25, 0.3) is 11.0 Å². The number of hydrogen-bond donors (Lipinski definition) is 1. The molecule has 0 fully saturated rings. The predicted octanol–water partition coefficient (Wildman–Crippen LogP) is 1.60. The zero-order valence-corrected chi connectivity index (χ0v) is 7.63. The van der Waals surface area contributed by atoms with Gasteiger partial charge in [-0.05, 0) is 19.1 Å². The van der Waals surface area contributed by atoms with Crippen LogP contribution in [0.5, 0.6) is 5.75 Å². The van der Waals surface area contributed by atoms with Crippen LogP contribution in [0.3, 0.4) is 0 Å². The lowest BCUT2D eigenvalue weighted by Crippen LogP contribution is -1.92. The molecule has 0 saturated carbocycles. The molecule has 0 aliphatic heterocycles. The lowest BCUT2D eigenvalue weighted by molar-refractivity contribution is 0.101. The van der Waals surface area contributed by atoms with Crippen molar-refractivity contribution in [2.24, 2.45) is 0 Å². The van der Waals surface area contributed by atoms with Crippen LogP contribution in [0, 0.1) is 0 Å². The van der Waals surface area contributed by atoms with Crippen molar-refractivity contribution < 1.29 is 9.90 Å². The number of phenolic OH excluding ortho intramolecular Hbond substituents is 1. The normalized spacial score (nSPS) is 10.5. The first-order valence-corrected chi connectivity index (χ1v) is 4.38. The van der Waals surface area contributed by atoms with E-state index in [2.05, 4.69) is 8.75 Å². The van der Waals surface area contributed by atoms with Gasteiger partial charge in [-0.1, -0.05) is 0 Å². The molecule has 1 N–H and O–H groups in total. The Kier molecular flexibility index (Phi) is 1.73. The van der Waals surface area contributed by atoms with Gasteiger partial charge < -0.3 is 5.11 Å². The van der Waals surface area contributed by atoms with E-state index < -0.39 is 0 Å². The Morgan fingerprint density at radius 3 is 2.77 bits per heavy atom. The number of fused-ring (bicyclic) bond motifs is 1. The summed E-state index contributed by atoms with van der Waals surface area (Å²) >= 11 is 0.986. The fourth-order valence-corrected chi connectivity index (χ4v) is 1.71. The number of carbonyl (C=O) groups excluding carboxylic acids is 1. The number of nitrogens with zero attached hydrogens (tertiary/aromatic N) is 2. The summed E-state index contributed by atoms with van der Waals surface area (Å²) in [7, 11) is 0. The fourth-order valence-electron chi connectivity index (χ4n) is 1.14. The second-order valence-corrected chi connectivity index (χ2v) is 3.18. The Hall–Kier alpha value is -1.49. The average Bonchev–Trinajstić information content (AvgIpc) is 2.53. The molecule has 0 spiro atoms. The quantitative estimate of drug-likeness (QED) is 0.700.